The van der Waals surface area contributed by atoms with Crippen LogP contribution in [-0.4, -0.2) is 42.4 Å². The van der Waals surface area contributed by atoms with Crippen molar-refractivity contribution in [3.8, 4) is 110 Å². The smallest absolute Gasteiger partial charge is 0.307 e. The van der Waals surface area contributed by atoms with Crippen LogP contribution in [0.3, 0.4) is 0 Å². The molecule has 9 heterocycles. The lowest BCUT2D eigenvalue weighted by atomic mass is 10.0. The minimum absolute atomic E-state index is 0.268. The average Bonchev–Trinajstić information content (AvgIpc) is 1.56. The lowest BCUT2D eigenvalue weighted by Gasteiger charge is -2.20. The highest BCUT2D eigenvalue weighted by Crippen LogP contribution is 2.50. The Bertz CT molecular complexity index is 9330. The van der Waals surface area contributed by atoms with E-state index in [2.05, 4.69) is 61.6 Å². The molecule has 686 valence electrons. The van der Waals surface area contributed by atoms with Crippen LogP contribution in [0.25, 0.3) is 198 Å². The SMILES string of the molecule is N#Cc1cccc(-c2c(-n3c4ccc(C#N)cc4c4cc(C#N)ccc43)cncc2-n2c3ccc(C#N)cc3c3cc(C#N)ccc32)c1.N#Cc1cccc(-c2c(-n3c4ccccc4c4cc(C(F)(F)F)ccc43)cncc2-n2c3ccccc3c3cc(C(F)(F)F)ccc32)c1.N#Cc1cccc(-c2c(-n3c4ccccc4c4ccc(C(F)(F)F)cc43)cncc2-n2c3ccccc3c3ccc(C(F)(F)F)cc32)c1. The highest BCUT2D eigenvalue weighted by Gasteiger charge is 2.37. The molecule has 0 aliphatic heterocycles. The molecular weight excluding hydrogens is 1850 g/mol. The molecule has 0 atom stereocenters. The largest absolute Gasteiger partial charge is 0.416 e. The van der Waals surface area contributed by atoms with Crippen molar-refractivity contribution in [2.75, 3.05) is 0 Å². The number of benzene rings is 15. The van der Waals surface area contributed by atoms with Gasteiger partial charge in [-0.1, -0.05) is 121 Å². The summed E-state index contributed by atoms with van der Waals surface area (Å²) in [7, 11) is 0. The summed E-state index contributed by atoms with van der Waals surface area (Å²) in [6.07, 6.45) is -8.50. The fraction of sp³-hybridized carbons (Fsp3) is 0.0345. The third kappa shape index (κ3) is 15.0. The molecule has 0 bridgehead atoms. The molecule has 0 N–H and O–H groups in total. The molecular formula is C116H58F12N16. The number of alkyl halides is 12. The topological polar surface area (TPSA) is 235 Å². The Morgan fingerprint density at radius 3 is 0.618 bits per heavy atom. The number of fused-ring (bicyclic) bond motifs is 18. The van der Waals surface area contributed by atoms with E-state index in [4.69, 9.17) is 4.98 Å². The second-order valence-electron chi connectivity index (χ2n) is 34.1. The van der Waals surface area contributed by atoms with Gasteiger partial charge in [0.1, 0.15) is 0 Å². The fourth-order valence-electron chi connectivity index (χ4n) is 19.9. The van der Waals surface area contributed by atoms with Gasteiger partial charge in [0.2, 0.25) is 0 Å². The number of hydrogen-bond acceptors (Lipinski definition) is 10. The summed E-state index contributed by atoms with van der Waals surface area (Å²) in [4.78, 5) is 13.9. The van der Waals surface area contributed by atoms with E-state index in [1.807, 2.05) is 106 Å². The highest BCUT2D eigenvalue weighted by atomic mass is 19.4. The zero-order valence-corrected chi connectivity index (χ0v) is 74.2. The van der Waals surface area contributed by atoms with Crippen LogP contribution in [0.15, 0.2) is 353 Å². The maximum absolute atomic E-state index is 14.1. The summed E-state index contributed by atoms with van der Waals surface area (Å²) in [6.45, 7) is 0. The zero-order chi connectivity index (χ0) is 99.7. The van der Waals surface area contributed by atoms with Crippen molar-refractivity contribution in [3.63, 3.8) is 0 Å². The van der Waals surface area contributed by atoms with Gasteiger partial charge in [-0.2, -0.15) is 89.5 Å². The number of halogens is 12. The minimum atomic E-state index is -4.61. The summed E-state index contributed by atoms with van der Waals surface area (Å²) in [5.41, 5.74) is 14.1. The molecule has 0 amide bonds. The Balaban J connectivity index is 0.000000123. The zero-order valence-electron chi connectivity index (χ0n) is 74.2. The van der Waals surface area contributed by atoms with Crippen molar-refractivity contribution in [1.29, 1.82) is 36.8 Å². The summed E-state index contributed by atoms with van der Waals surface area (Å²) in [5, 5.41) is 76.2. The van der Waals surface area contributed by atoms with Crippen molar-refractivity contribution in [2.45, 2.75) is 24.7 Å². The Morgan fingerprint density at radius 1 is 0.174 bits per heavy atom. The van der Waals surface area contributed by atoms with E-state index < -0.39 is 47.0 Å². The highest BCUT2D eigenvalue weighted by molar-refractivity contribution is 6.17. The maximum atomic E-state index is 14.1. The number of pyridine rings is 3. The number of para-hydroxylation sites is 4. The molecule has 0 aliphatic carbocycles. The summed E-state index contributed by atoms with van der Waals surface area (Å²) < 4.78 is 179. The van der Waals surface area contributed by atoms with Crippen LogP contribution in [0.2, 0.25) is 0 Å². The van der Waals surface area contributed by atoms with E-state index in [1.165, 1.54) is 36.7 Å². The fourth-order valence-corrected chi connectivity index (χ4v) is 19.9. The third-order valence-electron chi connectivity index (χ3n) is 26.1. The van der Waals surface area contributed by atoms with Gasteiger partial charge >= 0.3 is 24.7 Å². The van der Waals surface area contributed by atoms with Crippen molar-refractivity contribution in [1.82, 2.24) is 42.4 Å². The number of rotatable bonds is 9. The Kier molecular flexibility index (Phi) is 21.3. The lowest BCUT2D eigenvalue weighted by Crippen LogP contribution is -2.07. The van der Waals surface area contributed by atoms with Crippen molar-refractivity contribution >= 4 is 131 Å². The van der Waals surface area contributed by atoms with E-state index in [9.17, 15) is 89.5 Å². The van der Waals surface area contributed by atoms with E-state index in [0.717, 1.165) is 103 Å². The van der Waals surface area contributed by atoms with Gasteiger partial charge in [0.25, 0.3) is 0 Å². The second-order valence-corrected chi connectivity index (χ2v) is 34.1. The van der Waals surface area contributed by atoms with Gasteiger partial charge in [-0.3, -0.25) is 15.0 Å². The first-order chi connectivity index (χ1) is 69.6. The molecule has 0 radical (unpaired) electrons. The molecule has 24 rings (SSSR count). The molecule has 24 aromatic rings. The van der Waals surface area contributed by atoms with Crippen molar-refractivity contribution in [3.05, 3.63) is 414 Å². The first-order valence-corrected chi connectivity index (χ1v) is 44.3. The summed E-state index contributed by atoms with van der Waals surface area (Å²) in [5.74, 6) is 0. The minimum Gasteiger partial charge on any atom is -0.307 e. The van der Waals surface area contributed by atoms with Crippen molar-refractivity contribution < 1.29 is 52.7 Å². The molecule has 144 heavy (non-hydrogen) atoms. The van der Waals surface area contributed by atoms with Gasteiger partial charge in [0, 0.05) is 81.3 Å². The molecule has 0 spiro atoms. The predicted octanol–water partition coefficient (Wildman–Crippen LogP) is 30.0. The Morgan fingerprint density at radius 2 is 0.368 bits per heavy atom. The third-order valence-corrected chi connectivity index (χ3v) is 26.1. The molecule has 28 heteroatoms. The van der Waals surface area contributed by atoms with Crippen LogP contribution < -0.4 is 0 Å². The van der Waals surface area contributed by atoms with Crippen LogP contribution >= 0.6 is 0 Å². The standard InChI is InChI=1S/C40H18N8.2C38H20F6N4/c41-17-24-2-1-3-29(12-24)40-38(47-34-8-4-25(18-42)13-30(34)31-14-26(19-43)5-9-35(31)47)22-46-23-39(40)48-36-10-6-27(20-44)15-32(36)33-16-28(21-45)7-11-37(33)48;39-37(40,41)24-12-14-32-28(17-24)26-8-1-3-10-30(26)47(32)34-20-46-21-35(36(34)23-7-5-6-22(16-23)19-45)48-31-11-4-2-9-27(31)29-18-25(38(42,43)44)13-15-33(29)48;39-37(40,41)24-12-14-28-26-8-1-3-10-30(26)47(32(28)17-24)34-20-46-21-35(36(34)23-7-5-6-22(16-23)19-45)48-31-11-4-2-9-27(31)29-15-13-25(18-33(29)48)38(42,43)44/h1-16,22-23H;2*1-18,20-21H. The summed E-state index contributed by atoms with van der Waals surface area (Å²) >= 11 is 0. The molecule has 0 saturated carbocycles. The molecule has 16 nitrogen and oxygen atoms in total. The quantitative estimate of drug-likeness (QED) is 0.124. The van der Waals surface area contributed by atoms with Gasteiger partial charge in [0.15, 0.2) is 0 Å². The van der Waals surface area contributed by atoms with Crippen LogP contribution in [0.5, 0.6) is 0 Å². The van der Waals surface area contributed by atoms with Crippen LogP contribution in [0.4, 0.5) is 52.7 Å². The van der Waals surface area contributed by atoms with Gasteiger partial charge < -0.3 is 27.4 Å². The van der Waals surface area contributed by atoms with Gasteiger partial charge in [-0.25, -0.2) is 0 Å². The number of nitriles is 7. The molecule has 0 saturated heterocycles. The molecule has 0 fully saturated rings. The van der Waals surface area contributed by atoms with Gasteiger partial charge in [-0.05, 0) is 211 Å². The van der Waals surface area contributed by atoms with E-state index in [0.29, 0.717) is 172 Å². The normalized spacial score (nSPS) is 11.8. The van der Waals surface area contributed by atoms with E-state index >= 15 is 0 Å². The van der Waals surface area contributed by atoms with Crippen LogP contribution in [0, 0.1) is 79.3 Å². The van der Waals surface area contributed by atoms with Gasteiger partial charge in [0.05, 0.1) is 241 Å². The Hall–Kier alpha value is -19.9. The second kappa shape index (κ2) is 34.4. The van der Waals surface area contributed by atoms with Gasteiger partial charge in [-0.15, -0.1) is 0 Å². The van der Waals surface area contributed by atoms with E-state index in [1.54, 1.807) is 180 Å². The first-order valence-electron chi connectivity index (χ1n) is 44.3. The first kappa shape index (κ1) is 89.4. The number of aromatic nitrogens is 9. The average molecular weight is 1900 g/mol. The molecule has 9 aromatic heterocycles. The summed E-state index contributed by atoms with van der Waals surface area (Å²) in [6, 6.07) is 101. The molecule has 0 aliphatic rings. The molecule has 15 aromatic carbocycles. The lowest BCUT2D eigenvalue weighted by molar-refractivity contribution is -0.138. The van der Waals surface area contributed by atoms with Crippen LogP contribution in [-0.2, 0) is 24.7 Å². The number of hydrogen-bond donors (Lipinski definition) is 0. The maximum Gasteiger partial charge on any atom is 0.416 e. The van der Waals surface area contributed by atoms with Crippen molar-refractivity contribution in [2.24, 2.45) is 0 Å². The predicted molar refractivity (Wildman–Crippen MR) is 528 cm³/mol. The monoisotopic (exact) mass is 1900 g/mol. The molecule has 0 unspecified atom stereocenters. The number of nitrogens with zero attached hydrogens (tertiary/aromatic N) is 16. The Labute approximate surface area is 806 Å². The van der Waals surface area contributed by atoms with E-state index in [-0.39, 0.29) is 11.0 Å². The van der Waals surface area contributed by atoms with Crippen LogP contribution in [0.1, 0.15) is 61.2 Å².